The van der Waals surface area contributed by atoms with Crippen molar-refractivity contribution in [2.45, 2.75) is 85.0 Å². The molecule has 1 aromatic heterocycles. The molecule has 0 N–H and O–H groups in total. The Hall–Kier alpha value is -1.05. The molecule has 120 valence electrons. The average molecular weight is 291 g/mol. The van der Waals surface area contributed by atoms with Gasteiger partial charge in [-0.05, 0) is 25.8 Å². The van der Waals surface area contributed by atoms with Crippen molar-refractivity contribution in [2.24, 2.45) is 7.05 Å². The average Bonchev–Trinajstić information content (AvgIpc) is 2.70. The second kappa shape index (κ2) is 9.81. The molecule has 21 heavy (non-hydrogen) atoms. The van der Waals surface area contributed by atoms with Crippen LogP contribution in [0.4, 0.5) is 0 Å². The number of aryl methyl sites for hydroxylation is 2. The molecule has 1 aromatic rings. The lowest BCUT2D eigenvalue weighted by atomic mass is 10.0. The van der Waals surface area contributed by atoms with Crippen molar-refractivity contribution in [3.05, 3.63) is 23.0 Å². The molecule has 0 amide bonds. The van der Waals surface area contributed by atoms with Gasteiger partial charge in [-0.25, -0.2) is 0 Å². The summed E-state index contributed by atoms with van der Waals surface area (Å²) in [6.45, 7) is 6.33. The molecule has 0 unspecified atom stereocenters. The van der Waals surface area contributed by atoms with Crippen LogP contribution in [0.5, 0.6) is 0 Å². The van der Waals surface area contributed by atoms with Crippen molar-refractivity contribution in [2.75, 3.05) is 0 Å². The van der Waals surface area contributed by atoms with Crippen LogP contribution in [-0.4, -0.2) is 10.4 Å². The molecule has 1 rings (SSSR count). The Morgan fingerprint density at radius 1 is 0.952 bits per heavy atom. The Labute approximate surface area is 130 Å². The molecule has 0 radical (unpaired) electrons. The van der Waals surface area contributed by atoms with Crippen molar-refractivity contribution in [1.29, 1.82) is 0 Å². The standard InChI is InChI=1S/C19H33NO/c1-5-6-7-8-9-10-11-12-13-14-18(21)19-16(2)15-20(4)17(19)3/h15H,5-14H2,1-4H3. The highest BCUT2D eigenvalue weighted by Gasteiger charge is 2.14. The molecule has 0 aliphatic carbocycles. The molecule has 0 saturated carbocycles. The summed E-state index contributed by atoms with van der Waals surface area (Å²) in [5.74, 6) is 0.327. The highest BCUT2D eigenvalue weighted by Crippen LogP contribution is 2.19. The lowest BCUT2D eigenvalue weighted by Crippen LogP contribution is -2.03. The van der Waals surface area contributed by atoms with Crippen LogP contribution in [0.2, 0.25) is 0 Å². The van der Waals surface area contributed by atoms with Crippen LogP contribution in [-0.2, 0) is 7.05 Å². The largest absolute Gasteiger partial charge is 0.354 e. The molecule has 2 heteroatoms. The minimum atomic E-state index is 0.327. The van der Waals surface area contributed by atoms with Crippen molar-refractivity contribution in [1.82, 2.24) is 4.57 Å². The summed E-state index contributed by atoms with van der Waals surface area (Å²) in [4.78, 5) is 12.3. The van der Waals surface area contributed by atoms with Crippen molar-refractivity contribution in [3.8, 4) is 0 Å². The summed E-state index contributed by atoms with van der Waals surface area (Å²) in [6, 6.07) is 0. The first-order valence-corrected chi connectivity index (χ1v) is 8.73. The highest BCUT2D eigenvalue weighted by molar-refractivity contribution is 5.98. The third-order valence-corrected chi connectivity index (χ3v) is 4.46. The van der Waals surface area contributed by atoms with Gasteiger partial charge in [-0.15, -0.1) is 0 Å². The van der Waals surface area contributed by atoms with Gasteiger partial charge in [-0.3, -0.25) is 4.79 Å². The van der Waals surface area contributed by atoms with Crippen LogP contribution in [0, 0.1) is 13.8 Å². The molecule has 0 aliphatic heterocycles. The van der Waals surface area contributed by atoms with Crippen LogP contribution in [0.15, 0.2) is 6.20 Å². The van der Waals surface area contributed by atoms with Crippen LogP contribution in [0.3, 0.4) is 0 Å². The molecular weight excluding hydrogens is 258 g/mol. The summed E-state index contributed by atoms with van der Waals surface area (Å²) in [5.41, 5.74) is 3.18. The third-order valence-electron chi connectivity index (χ3n) is 4.46. The molecule has 0 saturated heterocycles. The summed E-state index contributed by atoms with van der Waals surface area (Å²) in [6.07, 6.45) is 14.5. The first-order valence-electron chi connectivity index (χ1n) is 8.73. The fourth-order valence-corrected chi connectivity index (χ4v) is 3.06. The lowest BCUT2D eigenvalue weighted by Gasteiger charge is -2.04. The number of hydrogen-bond donors (Lipinski definition) is 0. The molecule has 0 bridgehead atoms. The van der Waals surface area contributed by atoms with Gasteiger partial charge in [0.2, 0.25) is 0 Å². The number of hydrogen-bond acceptors (Lipinski definition) is 1. The number of carbonyl (C=O) groups is 1. The van der Waals surface area contributed by atoms with Gasteiger partial charge in [0.1, 0.15) is 0 Å². The van der Waals surface area contributed by atoms with Gasteiger partial charge in [0, 0.05) is 30.9 Å². The topological polar surface area (TPSA) is 22.0 Å². The van der Waals surface area contributed by atoms with E-state index in [1.54, 1.807) is 0 Å². The number of ketones is 1. The Bertz CT molecular complexity index is 431. The normalized spacial score (nSPS) is 11.0. The zero-order chi connectivity index (χ0) is 15.7. The van der Waals surface area contributed by atoms with E-state index >= 15 is 0 Å². The van der Waals surface area contributed by atoms with Crippen molar-refractivity contribution in [3.63, 3.8) is 0 Å². The van der Waals surface area contributed by atoms with Gasteiger partial charge >= 0.3 is 0 Å². The SMILES string of the molecule is CCCCCCCCCCCC(=O)c1c(C)cn(C)c1C. The van der Waals surface area contributed by atoms with Gasteiger partial charge in [-0.2, -0.15) is 0 Å². The lowest BCUT2D eigenvalue weighted by molar-refractivity contribution is 0.0978. The number of rotatable bonds is 11. The van der Waals surface area contributed by atoms with E-state index in [-0.39, 0.29) is 0 Å². The van der Waals surface area contributed by atoms with Crippen LogP contribution >= 0.6 is 0 Å². The summed E-state index contributed by atoms with van der Waals surface area (Å²) in [7, 11) is 2.01. The first-order chi connectivity index (χ1) is 10.1. The minimum absolute atomic E-state index is 0.327. The maximum atomic E-state index is 12.3. The highest BCUT2D eigenvalue weighted by atomic mass is 16.1. The number of aromatic nitrogens is 1. The van der Waals surface area contributed by atoms with Gasteiger partial charge in [0.15, 0.2) is 5.78 Å². The first kappa shape index (κ1) is 18.0. The van der Waals surface area contributed by atoms with E-state index in [1.165, 1.54) is 51.4 Å². The summed E-state index contributed by atoms with van der Waals surface area (Å²) >= 11 is 0. The predicted molar refractivity (Wildman–Crippen MR) is 91.1 cm³/mol. The maximum absolute atomic E-state index is 12.3. The molecule has 0 atom stereocenters. The van der Waals surface area contributed by atoms with Crippen LogP contribution < -0.4 is 0 Å². The predicted octanol–water partition coefficient (Wildman–Crippen LogP) is 5.75. The van der Waals surface area contributed by atoms with Gasteiger partial charge in [-0.1, -0.05) is 58.3 Å². The van der Waals surface area contributed by atoms with Crippen LogP contribution in [0.1, 0.15) is 92.7 Å². The van der Waals surface area contributed by atoms with E-state index in [0.717, 1.165) is 23.2 Å². The van der Waals surface area contributed by atoms with E-state index in [9.17, 15) is 4.79 Å². The smallest absolute Gasteiger partial charge is 0.164 e. The quantitative estimate of drug-likeness (QED) is 0.376. The molecule has 2 nitrogen and oxygen atoms in total. The molecule has 0 aliphatic rings. The Morgan fingerprint density at radius 2 is 1.48 bits per heavy atom. The van der Waals surface area contributed by atoms with Crippen LogP contribution in [0.25, 0.3) is 0 Å². The second-order valence-electron chi connectivity index (χ2n) is 6.39. The Kier molecular flexibility index (Phi) is 8.41. The zero-order valence-electron chi connectivity index (χ0n) is 14.5. The Morgan fingerprint density at radius 3 is 1.95 bits per heavy atom. The van der Waals surface area contributed by atoms with E-state index in [2.05, 4.69) is 17.7 Å². The second-order valence-corrected chi connectivity index (χ2v) is 6.39. The number of unbranched alkanes of at least 4 members (excludes halogenated alkanes) is 8. The maximum Gasteiger partial charge on any atom is 0.164 e. The molecule has 1 heterocycles. The molecule has 0 aromatic carbocycles. The Balaban J connectivity index is 2.14. The van der Waals surface area contributed by atoms with E-state index in [4.69, 9.17) is 0 Å². The van der Waals surface area contributed by atoms with Gasteiger partial charge in [0.05, 0.1) is 0 Å². The fourth-order valence-electron chi connectivity index (χ4n) is 3.06. The molecular formula is C19H33NO. The van der Waals surface area contributed by atoms with Crippen molar-refractivity contribution >= 4 is 5.78 Å². The molecule has 0 fully saturated rings. The summed E-state index contributed by atoms with van der Waals surface area (Å²) in [5, 5.41) is 0. The van der Waals surface area contributed by atoms with Gasteiger partial charge < -0.3 is 4.57 Å². The van der Waals surface area contributed by atoms with Gasteiger partial charge in [0.25, 0.3) is 0 Å². The molecule has 0 spiro atoms. The van der Waals surface area contributed by atoms with E-state index in [1.807, 2.05) is 20.9 Å². The number of Topliss-reactive ketones (excluding diaryl/α,β-unsaturated/α-hetero) is 1. The fraction of sp³-hybridized carbons (Fsp3) is 0.737. The number of nitrogens with zero attached hydrogens (tertiary/aromatic N) is 1. The monoisotopic (exact) mass is 291 g/mol. The van der Waals surface area contributed by atoms with Crippen molar-refractivity contribution < 1.29 is 4.79 Å². The van der Waals surface area contributed by atoms with E-state index in [0.29, 0.717) is 12.2 Å². The van der Waals surface area contributed by atoms with E-state index < -0.39 is 0 Å². The minimum Gasteiger partial charge on any atom is -0.354 e. The zero-order valence-corrected chi connectivity index (χ0v) is 14.5. The summed E-state index contributed by atoms with van der Waals surface area (Å²) < 4.78 is 2.05. The number of carbonyl (C=O) groups excluding carboxylic acids is 1. The third kappa shape index (κ3) is 6.07.